The van der Waals surface area contributed by atoms with Crippen LogP contribution in [0.4, 0.5) is 5.69 Å². The predicted octanol–water partition coefficient (Wildman–Crippen LogP) is 3.95. The predicted molar refractivity (Wildman–Crippen MR) is 86.4 cm³/mol. The standard InChI is InChI=1S/C16H12BrN3O/c1-10-5-6-13-14(19-10)3-2-4-15(13)20-16(21)11-7-12(17)9-18-8-11/h2-9H,1H3,(H,20,21). The van der Waals surface area contributed by atoms with Crippen LogP contribution in [0.25, 0.3) is 10.9 Å². The lowest BCUT2D eigenvalue weighted by atomic mass is 10.1. The van der Waals surface area contributed by atoms with E-state index < -0.39 is 0 Å². The van der Waals surface area contributed by atoms with Crippen LogP contribution in [0, 0.1) is 6.92 Å². The first kappa shape index (κ1) is 13.7. The summed E-state index contributed by atoms with van der Waals surface area (Å²) in [5, 5.41) is 3.82. The second kappa shape index (κ2) is 5.61. The molecular weight excluding hydrogens is 330 g/mol. The summed E-state index contributed by atoms with van der Waals surface area (Å²) in [6.45, 7) is 1.94. The number of rotatable bonds is 2. The number of benzene rings is 1. The van der Waals surface area contributed by atoms with Gasteiger partial charge in [-0.25, -0.2) is 0 Å². The number of carbonyl (C=O) groups excluding carboxylic acids is 1. The summed E-state index contributed by atoms with van der Waals surface area (Å²) >= 11 is 3.31. The maximum Gasteiger partial charge on any atom is 0.257 e. The molecule has 0 unspecified atom stereocenters. The van der Waals surface area contributed by atoms with Crippen molar-refractivity contribution in [3.05, 3.63) is 64.5 Å². The van der Waals surface area contributed by atoms with E-state index in [0.29, 0.717) is 5.56 Å². The molecule has 1 aromatic carbocycles. The highest BCUT2D eigenvalue weighted by Gasteiger charge is 2.09. The highest BCUT2D eigenvalue weighted by atomic mass is 79.9. The van der Waals surface area contributed by atoms with E-state index in [1.54, 1.807) is 12.3 Å². The van der Waals surface area contributed by atoms with Gasteiger partial charge in [0.05, 0.1) is 16.8 Å². The van der Waals surface area contributed by atoms with E-state index in [1.165, 1.54) is 6.20 Å². The first-order valence-electron chi connectivity index (χ1n) is 6.42. The van der Waals surface area contributed by atoms with Gasteiger partial charge in [0.2, 0.25) is 0 Å². The average molecular weight is 342 g/mol. The Morgan fingerprint density at radius 2 is 2.05 bits per heavy atom. The van der Waals surface area contributed by atoms with Crippen LogP contribution in [0.1, 0.15) is 16.1 Å². The third-order valence-corrected chi connectivity index (χ3v) is 3.52. The normalized spacial score (nSPS) is 10.6. The molecule has 3 rings (SSSR count). The lowest BCUT2D eigenvalue weighted by Gasteiger charge is -2.09. The van der Waals surface area contributed by atoms with Crippen molar-refractivity contribution in [3.63, 3.8) is 0 Å². The van der Waals surface area contributed by atoms with Crippen molar-refractivity contribution >= 4 is 38.4 Å². The monoisotopic (exact) mass is 341 g/mol. The molecular formula is C16H12BrN3O. The van der Waals surface area contributed by atoms with E-state index in [9.17, 15) is 4.79 Å². The van der Waals surface area contributed by atoms with E-state index in [1.807, 2.05) is 37.3 Å². The van der Waals surface area contributed by atoms with Gasteiger partial charge in [-0.1, -0.05) is 6.07 Å². The summed E-state index contributed by atoms with van der Waals surface area (Å²) in [6, 6.07) is 11.3. The molecule has 4 nitrogen and oxygen atoms in total. The van der Waals surface area contributed by atoms with Gasteiger partial charge in [-0.15, -0.1) is 0 Å². The zero-order valence-corrected chi connectivity index (χ0v) is 12.9. The second-order valence-electron chi connectivity index (χ2n) is 4.67. The Morgan fingerprint density at radius 1 is 1.19 bits per heavy atom. The average Bonchev–Trinajstić information content (AvgIpc) is 2.47. The molecule has 0 radical (unpaired) electrons. The number of hydrogen-bond acceptors (Lipinski definition) is 3. The van der Waals surface area contributed by atoms with Gasteiger partial charge in [0.1, 0.15) is 0 Å². The molecule has 0 atom stereocenters. The number of aromatic nitrogens is 2. The summed E-state index contributed by atoms with van der Waals surface area (Å²) in [7, 11) is 0. The Kier molecular flexibility index (Phi) is 3.66. The summed E-state index contributed by atoms with van der Waals surface area (Å²) in [5.74, 6) is -0.197. The van der Waals surface area contributed by atoms with Crippen LogP contribution < -0.4 is 5.32 Å². The first-order valence-corrected chi connectivity index (χ1v) is 7.21. The number of nitrogens with one attached hydrogen (secondary N) is 1. The molecule has 1 amide bonds. The number of nitrogens with zero attached hydrogens (tertiary/aromatic N) is 2. The summed E-state index contributed by atoms with van der Waals surface area (Å²) in [5.41, 5.74) is 3.05. The van der Waals surface area contributed by atoms with Gasteiger partial charge in [0.15, 0.2) is 0 Å². The molecule has 0 aliphatic carbocycles. The molecule has 0 aliphatic heterocycles. The molecule has 0 aliphatic rings. The maximum atomic E-state index is 12.3. The van der Waals surface area contributed by atoms with Gasteiger partial charge in [0, 0.05) is 27.9 Å². The fraction of sp³-hybridized carbons (Fsp3) is 0.0625. The third kappa shape index (κ3) is 2.92. The first-order chi connectivity index (χ1) is 10.1. The zero-order valence-electron chi connectivity index (χ0n) is 11.3. The van der Waals surface area contributed by atoms with Crippen LogP contribution in [0.3, 0.4) is 0 Å². The Hall–Kier alpha value is -2.27. The number of amides is 1. The van der Waals surface area contributed by atoms with Crippen LogP contribution >= 0.6 is 15.9 Å². The van der Waals surface area contributed by atoms with Crippen molar-refractivity contribution < 1.29 is 4.79 Å². The Balaban J connectivity index is 1.96. The van der Waals surface area contributed by atoms with Crippen LogP contribution in [0.2, 0.25) is 0 Å². The molecule has 0 saturated carbocycles. The van der Waals surface area contributed by atoms with Crippen LogP contribution in [0.15, 0.2) is 53.3 Å². The van der Waals surface area contributed by atoms with Crippen LogP contribution in [-0.4, -0.2) is 15.9 Å². The van der Waals surface area contributed by atoms with Gasteiger partial charge in [-0.3, -0.25) is 14.8 Å². The minimum absolute atomic E-state index is 0.197. The number of pyridine rings is 2. The van der Waals surface area contributed by atoms with E-state index in [0.717, 1.165) is 26.8 Å². The summed E-state index contributed by atoms with van der Waals surface area (Å²) in [4.78, 5) is 20.7. The fourth-order valence-corrected chi connectivity index (χ4v) is 2.46. The SMILES string of the molecule is Cc1ccc2c(NC(=O)c3cncc(Br)c3)cccc2n1. The molecule has 2 heterocycles. The van der Waals surface area contributed by atoms with Gasteiger partial charge in [-0.2, -0.15) is 0 Å². The smallest absolute Gasteiger partial charge is 0.257 e. The minimum Gasteiger partial charge on any atom is -0.321 e. The van der Waals surface area contributed by atoms with Crippen molar-refractivity contribution in [1.29, 1.82) is 0 Å². The fourth-order valence-electron chi connectivity index (χ4n) is 2.10. The summed E-state index contributed by atoms with van der Waals surface area (Å²) in [6.07, 6.45) is 3.18. The highest BCUT2D eigenvalue weighted by molar-refractivity contribution is 9.10. The lowest BCUT2D eigenvalue weighted by Crippen LogP contribution is -2.12. The molecule has 5 heteroatoms. The second-order valence-corrected chi connectivity index (χ2v) is 5.59. The maximum absolute atomic E-state index is 12.3. The molecule has 21 heavy (non-hydrogen) atoms. The summed E-state index contributed by atoms with van der Waals surface area (Å²) < 4.78 is 0.769. The molecule has 0 bridgehead atoms. The van der Waals surface area contributed by atoms with Crippen molar-refractivity contribution in [3.8, 4) is 0 Å². The number of anilines is 1. The molecule has 3 aromatic rings. The number of aryl methyl sites for hydroxylation is 1. The zero-order chi connectivity index (χ0) is 14.8. The Morgan fingerprint density at radius 3 is 2.86 bits per heavy atom. The van der Waals surface area contributed by atoms with E-state index >= 15 is 0 Å². The molecule has 0 fully saturated rings. The van der Waals surface area contributed by atoms with Crippen molar-refractivity contribution in [2.24, 2.45) is 0 Å². The quantitative estimate of drug-likeness (QED) is 0.767. The number of halogens is 1. The lowest BCUT2D eigenvalue weighted by molar-refractivity contribution is 0.102. The van der Waals surface area contributed by atoms with E-state index in [2.05, 4.69) is 31.2 Å². The Labute approximate surface area is 130 Å². The van der Waals surface area contributed by atoms with Crippen molar-refractivity contribution in [2.45, 2.75) is 6.92 Å². The molecule has 1 N–H and O–H groups in total. The number of fused-ring (bicyclic) bond motifs is 1. The van der Waals surface area contributed by atoms with Gasteiger partial charge in [0.25, 0.3) is 5.91 Å². The van der Waals surface area contributed by atoms with E-state index in [4.69, 9.17) is 0 Å². The molecule has 0 saturated heterocycles. The molecule has 0 spiro atoms. The highest BCUT2D eigenvalue weighted by Crippen LogP contribution is 2.23. The van der Waals surface area contributed by atoms with Crippen LogP contribution in [-0.2, 0) is 0 Å². The number of carbonyl (C=O) groups is 1. The topological polar surface area (TPSA) is 54.9 Å². The molecule has 104 valence electrons. The Bertz CT molecular complexity index is 833. The molecule has 2 aromatic heterocycles. The minimum atomic E-state index is -0.197. The van der Waals surface area contributed by atoms with Gasteiger partial charge < -0.3 is 5.32 Å². The van der Waals surface area contributed by atoms with Gasteiger partial charge in [-0.05, 0) is 53.2 Å². The number of hydrogen-bond donors (Lipinski definition) is 1. The van der Waals surface area contributed by atoms with Crippen LogP contribution in [0.5, 0.6) is 0 Å². The van der Waals surface area contributed by atoms with Crippen molar-refractivity contribution in [1.82, 2.24) is 9.97 Å². The van der Waals surface area contributed by atoms with E-state index in [-0.39, 0.29) is 5.91 Å². The largest absolute Gasteiger partial charge is 0.321 e. The van der Waals surface area contributed by atoms with Crippen molar-refractivity contribution in [2.75, 3.05) is 5.32 Å². The third-order valence-electron chi connectivity index (χ3n) is 3.09. The van der Waals surface area contributed by atoms with Gasteiger partial charge >= 0.3 is 0 Å².